The molecule has 0 saturated heterocycles. The molecule has 21 heavy (non-hydrogen) atoms. The second-order valence-corrected chi connectivity index (χ2v) is 5.06. The fourth-order valence-corrected chi connectivity index (χ4v) is 2.09. The number of rotatable bonds is 6. The molecule has 2 aromatic heterocycles. The molecule has 114 valence electrons. The van der Waals surface area contributed by atoms with Crippen molar-refractivity contribution in [1.29, 1.82) is 0 Å². The molecule has 0 unspecified atom stereocenters. The van der Waals surface area contributed by atoms with Crippen LogP contribution in [0.5, 0.6) is 0 Å². The lowest BCUT2D eigenvalue weighted by Crippen LogP contribution is -2.10. The Bertz CT molecular complexity index is 601. The Balaban J connectivity index is 2.19. The molecule has 0 aliphatic heterocycles. The third-order valence-corrected chi connectivity index (χ3v) is 3.38. The Morgan fingerprint density at radius 3 is 2.33 bits per heavy atom. The Morgan fingerprint density at radius 2 is 1.76 bits per heavy atom. The molecule has 6 nitrogen and oxygen atoms in total. The van der Waals surface area contributed by atoms with Gasteiger partial charge in [-0.25, -0.2) is 15.0 Å². The Morgan fingerprint density at radius 1 is 1.05 bits per heavy atom. The summed E-state index contributed by atoms with van der Waals surface area (Å²) < 4.78 is 5.58. The van der Waals surface area contributed by atoms with Gasteiger partial charge in [0.15, 0.2) is 0 Å². The van der Waals surface area contributed by atoms with Crippen LogP contribution in [0.4, 0.5) is 11.6 Å². The van der Waals surface area contributed by atoms with Gasteiger partial charge in [-0.1, -0.05) is 6.92 Å². The second-order valence-electron chi connectivity index (χ2n) is 5.06. The normalized spacial score (nSPS) is 10.7. The summed E-state index contributed by atoms with van der Waals surface area (Å²) in [6.07, 6.45) is 1.88. The first-order valence-electron chi connectivity index (χ1n) is 7.27. The van der Waals surface area contributed by atoms with Crippen LogP contribution in [0.1, 0.15) is 42.1 Å². The van der Waals surface area contributed by atoms with Crippen LogP contribution in [-0.4, -0.2) is 22.0 Å². The van der Waals surface area contributed by atoms with Gasteiger partial charge < -0.3 is 15.1 Å². The quantitative estimate of drug-likeness (QED) is 0.851. The molecule has 2 rings (SSSR count). The topological polar surface area (TPSA) is 75.9 Å². The molecule has 2 heterocycles. The van der Waals surface area contributed by atoms with Gasteiger partial charge >= 0.3 is 0 Å². The van der Waals surface area contributed by atoms with Crippen molar-refractivity contribution in [3.8, 4) is 0 Å². The minimum absolute atomic E-state index is 0.515. The van der Waals surface area contributed by atoms with E-state index in [9.17, 15) is 0 Å². The van der Waals surface area contributed by atoms with Gasteiger partial charge in [-0.2, -0.15) is 0 Å². The highest BCUT2D eigenvalue weighted by Crippen LogP contribution is 2.21. The van der Waals surface area contributed by atoms with Crippen molar-refractivity contribution < 1.29 is 4.42 Å². The Hall–Kier alpha value is -2.11. The molecule has 0 aliphatic rings. The van der Waals surface area contributed by atoms with Gasteiger partial charge in [-0.05, 0) is 27.2 Å². The van der Waals surface area contributed by atoms with Crippen LogP contribution >= 0.6 is 0 Å². The van der Waals surface area contributed by atoms with Gasteiger partial charge in [0, 0.05) is 19.0 Å². The number of aromatic nitrogens is 3. The SMILES string of the molecule is CCCc1nc(NC)c(C)c(NCc2nc(C)c(C)o2)n1. The molecule has 2 N–H and O–H groups in total. The molecule has 0 amide bonds. The summed E-state index contributed by atoms with van der Waals surface area (Å²) in [6.45, 7) is 8.49. The number of anilines is 2. The fraction of sp³-hybridized carbons (Fsp3) is 0.533. The molecule has 0 saturated carbocycles. The van der Waals surface area contributed by atoms with Crippen LogP contribution in [0, 0.1) is 20.8 Å². The lowest BCUT2D eigenvalue weighted by Gasteiger charge is -2.12. The maximum Gasteiger partial charge on any atom is 0.213 e. The first-order valence-corrected chi connectivity index (χ1v) is 7.27. The first-order chi connectivity index (χ1) is 10.0. The minimum Gasteiger partial charge on any atom is -0.444 e. The first kappa shape index (κ1) is 15.3. The smallest absolute Gasteiger partial charge is 0.213 e. The minimum atomic E-state index is 0.515. The summed E-state index contributed by atoms with van der Waals surface area (Å²) in [4.78, 5) is 13.5. The van der Waals surface area contributed by atoms with Gasteiger partial charge in [0.1, 0.15) is 23.2 Å². The number of nitrogens with one attached hydrogen (secondary N) is 2. The van der Waals surface area contributed by atoms with Crippen molar-refractivity contribution in [2.45, 2.75) is 47.1 Å². The Kier molecular flexibility index (Phi) is 4.77. The number of hydrogen-bond acceptors (Lipinski definition) is 6. The molecule has 0 atom stereocenters. The zero-order valence-electron chi connectivity index (χ0n) is 13.4. The molecular formula is C15H23N5O. The molecule has 0 bridgehead atoms. The highest BCUT2D eigenvalue weighted by atomic mass is 16.4. The molecule has 0 spiro atoms. The predicted octanol–water partition coefficient (Wildman–Crippen LogP) is 3.00. The lowest BCUT2D eigenvalue weighted by atomic mass is 10.2. The van der Waals surface area contributed by atoms with E-state index in [1.54, 1.807) is 0 Å². The van der Waals surface area contributed by atoms with Crippen LogP contribution in [0.25, 0.3) is 0 Å². The predicted molar refractivity (Wildman–Crippen MR) is 83.6 cm³/mol. The summed E-state index contributed by atoms with van der Waals surface area (Å²) in [7, 11) is 1.87. The summed E-state index contributed by atoms with van der Waals surface area (Å²) in [6, 6.07) is 0. The van der Waals surface area contributed by atoms with Gasteiger partial charge in [0.25, 0.3) is 0 Å². The average Bonchev–Trinajstić information content (AvgIpc) is 2.78. The highest BCUT2D eigenvalue weighted by molar-refractivity contribution is 5.56. The van der Waals surface area contributed by atoms with Crippen molar-refractivity contribution in [1.82, 2.24) is 15.0 Å². The molecule has 6 heteroatoms. The van der Waals surface area contributed by atoms with E-state index in [4.69, 9.17) is 4.42 Å². The summed E-state index contributed by atoms with van der Waals surface area (Å²) in [5, 5.41) is 6.41. The highest BCUT2D eigenvalue weighted by Gasteiger charge is 2.11. The van der Waals surface area contributed by atoms with Gasteiger partial charge in [0.05, 0.1) is 12.2 Å². The number of oxazole rings is 1. The zero-order chi connectivity index (χ0) is 15.4. The van der Waals surface area contributed by atoms with Gasteiger partial charge in [-0.3, -0.25) is 0 Å². The van der Waals surface area contributed by atoms with Crippen molar-refractivity contribution >= 4 is 11.6 Å². The number of hydrogen-bond donors (Lipinski definition) is 2. The van der Waals surface area contributed by atoms with E-state index in [-0.39, 0.29) is 0 Å². The Labute approximate surface area is 125 Å². The maximum absolute atomic E-state index is 5.58. The summed E-state index contributed by atoms with van der Waals surface area (Å²) >= 11 is 0. The number of nitrogens with zero attached hydrogens (tertiary/aromatic N) is 3. The summed E-state index contributed by atoms with van der Waals surface area (Å²) in [5.41, 5.74) is 1.92. The largest absolute Gasteiger partial charge is 0.444 e. The number of aryl methyl sites for hydroxylation is 3. The molecule has 0 radical (unpaired) electrons. The van der Waals surface area contributed by atoms with E-state index in [0.717, 1.165) is 47.3 Å². The zero-order valence-corrected chi connectivity index (χ0v) is 13.4. The van der Waals surface area contributed by atoms with Crippen LogP contribution in [0.3, 0.4) is 0 Å². The van der Waals surface area contributed by atoms with E-state index < -0.39 is 0 Å². The van der Waals surface area contributed by atoms with Crippen LogP contribution in [-0.2, 0) is 13.0 Å². The van der Waals surface area contributed by atoms with Gasteiger partial charge in [0.2, 0.25) is 5.89 Å². The summed E-state index contributed by atoms with van der Waals surface area (Å²) in [5.74, 6) is 4.05. The third kappa shape index (κ3) is 3.51. The molecule has 0 fully saturated rings. The van der Waals surface area contributed by atoms with Crippen molar-refractivity contribution in [3.05, 3.63) is 28.7 Å². The molecule has 0 aliphatic carbocycles. The maximum atomic E-state index is 5.58. The molecule has 0 aromatic carbocycles. The average molecular weight is 289 g/mol. The van der Waals surface area contributed by atoms with E-state index in [1.807, 2.05) is 27.8 Å². The van der Waals surface area contributed by atoms with E-state index in [2.05, 4.69) is 32.5 Å². The van der Waals surface area contributed by atoms with Crippen LogP contribution in [0.15, 0.2) is 4.42 Å². The van der Waals surface area contributed by atoms with Crippen molar-refractivity contribution in [2.75, 3.05) is 17.7 Å². The fourth-order valence-electron chi connectivity index (χ4n) is 2.09. The van der Waals surface area contributed by atoms with E-state index in [0.29, 0.717) is 12.4 Å². The van der Waals surface area contributed by atoms with E-state index >= 15 is 0 Å². The van der Waals surface area contributed by atoms with Crippen molar-refractivity contribution in [3.63, 3.8) is 0 Å². The van der Waals surface area contributed by atoms with E-state index in [1.165, 1.54) is 0 Å². The third-order valence-electron chi connectivity index (χ3n) is 3.38. The molecular weight excluding hydrogens is 266 g/mol. The van der Waals surface area contributed by atoms with Crippen molar-refractivity contribution in [2.24, 2.45) is 0 Å². The second kappa shape index (κ2) is 6.56. The van der Waals surface area contributed by atoms with Crippen LogP contribution in [0.2, 0.25) is 0 Å². The standard InChI is InChI=1S/C15H23N5O/c1-6-7-12-19-14(16-5)9(2)15(20-12)17-8-13-18-10(3)11(4)21-13/h6-8H2,1-5H3,(H2,16,17,19,20). The lowest BCUT2D eigenvalue weighted by molar-refractivity contribution is 0.478. The van der Waals surface area contributed by atoms with Gasteiger partial charge in [-0.15, -0.1) is 0 Å². The van der Waals surface area contributed by atoms with Crippen LogP contribution < -0.4 is 10.6 Å². The molecule has 2 aromatic rings. The monoisotopic (exact) mass is 289 g/mol.